The van der Waals surface area contributed by atoms with E-state index in [2.05, 4.69) is 15.3 Å². The smallest absolute Gasteiger partial charge is 0.187 e. The fourth-order valence-corrected chi connectivity index (χ4v) is 2.51. The van der Waals surface area contributed by atoms with Crippen LogP contribution in [0.2, 0.25) is 0 Å². The largest absolute Gasteiger partial charge is 0.313 e. The zero-order valence-electron chi connectivity index (χ0n) is 8.15. The van der Waals surface area contributed by atoms with Crippen LogP contribution in [0.15, 0.2) is 23.6 Å². The summed E-state index contributed by atoms with van der Waals surface area (Å²) in [7, 11) is 0. The van der Waals surface area contributed by atoms with E-state index in [9.17, 15) is 0 Å². The average Bonchev–Trinajstić information content (AvgIpc) is 2.29. The lowest BCUT2D eigenvalue weighted by atomic mass is 10.1. The molecule has 0 saturated carbocycles. The highest BCUT2D eigenvalue weighted by Crippen LogP contribution is 2.16. The number of aromatic nitrogens is 2. The minimum Gasteiger partial charge on any atom is -0.313 e. The first-order valence-electron chi connectivity index (χ1n) is 5.08. The van der Waals surface area contributed by atoms with E-state index in [1.54, 1.807) is 24.2 Å². The number of rotatable bonds is 3. The zero-order valence-corrected chi connectivity index (χ0v) is 8.96. The normalized spacial score (nSPS) is 22.1. The van der Waals surface area contributed by atoms with Crippen molar-refractivity contribution in [3.8, 4) is 0 Å². The number of nitrogens with one attached hydrogen (secondary N) is 1. The highest BCUT2D eigenvalue weighted by molar-refractivity contribution is 7.99. The minimum absolute atomic E-state index is 0.651. The van der Waals surface area contributed by atoms with Gasteiger partial charge in [0.2, 0.25) is 0 Å². The van der Waals surface area contributed by atoms with Crippen LogP contribution in [0.25, 0.3) is 0 Å². The molecule has 1 aromatic rings. The second-order valence-electron chi connectivity index (χ2n) is 3.49. The quantitative estimate of drug-likeness (QED) is 0.607. The molecular formula is C10H15N3S. The molecule has 0 spiro atoms. The minimum atomic E-state index is 0.651. The molecule has 1 aromatic heterocycles. The summed E-state index contributed by atoms with van der Waals surface area (Å²) in [6.45, 7) is 1.17. The summed E-state index contributed by atoms with van der Waals surface area (Å²) in [4.78, 5) is 8.37. The third kappa shape index (κ3) is 2.96. The van der Waals surface area contributed by atoms with E-state index < -0.39 is 0 Å². The van der Waals surface area contributed by atoms with E-state index >= 15 is 0 Å². The maximum Gasteiger partial charge on any atom is 0.187 e. The van der Waals surface area contributed by atoms with Crippen LogP contribution in [0.5, 0.6) is 0 Å². The van der Waals surface area contributed by atoms with Gasteiger partial charge >= 0.3 is 0 Å². The van der Waals surface area contributed by atoms with Gasteiger partial charge in [-0.3, -0.25) is 0 Å². The molecule has 2 rings (SSSR count). The first-order valence-corrected chi connectivity index (χ1v) is 6.07. The van der Waals surface area contributed by atoms with E-state index in [4.69, 9.17) is 0 Å². The molecule has 0 aromatic carbocycles. The van der Waals surface area contributed by atoms with Crippen molar-refractivity contribution in [3.05, 3.63) is 18.5 Å². The Kier molecular flexibility index (Phi) is 3.77. The third-order valence-corrected chi connectivity index (χ3v) is 3.41. The van der Waals surface area contributed by atoms with Gasteiger partial charge in [0, 0.05) is 24.2 Å². The molecule has 1 aliphatic rings. The summed E-state index contributed by atoms with van der Waals surface area (Å²) < 4.78 is 0. The Morgan fingerprint density at radius 2 is 2.21 bits per heavy atom. The second kappa shape index (κ2) is 5.32. The maximum atomic E-state index is 4.19. The molecule has 3 nitrogen and oxygen atoms in total. The molecule has 4 heteroatoms. The van der Waals surface area contributed by atoms with Crippen LogP contribution in [-0.4, -0.2) is 28.3 Å². The van der Waals surface area contributed by atoms with Crippen LogP contribution in [0, 0.1) is 0 Å². The maximum absolute atomic E-state index is 4.19. The Balaban J connectivity index is 1.76. The third-order valence-electron chi connectivity index (χ3n) is 2.37. The van der Waals surface area contributed by atoms with Crippen molar-refractivity contribution in [1.82, 2.24) is 15.3 Å². The molecule has 1 fully saturated rings. The van der Waals surface area contributed by atoms with Crippen LogP contribution in [0.4, 0.5) is 0 Å². The Morgan fingerprint density at radius 1 is 1.36 bits per heavy atom. The van der Waals surface area contributed by atoms with Gasteiger partial charge in [-0.25, -0.2) is 9.97 Å². The molecule has 0 aliphatic carbocycles. The monoisotopic (exact) mass is 209 g/mol. The Bertz CT molecular complexity index is 259. The summed E-state index contributed by atoms with van der Waals surface area (Å²) in [5, 5.41) is 4.40. The fraction of sp³-hybridized carbons (Fsp3) is 0.600. The topological polar surface area (TPSA) is 37.8 Å². The van der Waals surface area contributed by atoms with E-state index in [1.807, 2.05) is 6.07 Å². The standard InChI is InChI=1S/C10H15N3S/c1-2-5-11-9(4-1)8-14-10-12-6-3-7-13-10/h3,6-7,9,11H,1-2,4-5,8H2. The molecule has 2 heterocycles. The number of nitrogens with zero attached hydrogens (tertiary/aromatic N) is 2. The van der Waals surface area contributed by atoms with E-state index in [1.165, 1.54) is 25.8 Å². The van der Waals surface area contributed by atoms with Crippen molar-refractivity contribution < 1.29 is 0 Å². The predicted octanol–water partition coefficient (Wildman–Crippen LogP) is 1.71. The van der Waals surface area contributed by atoms with Crippen molar-refractivity contribution in [2.45, 2.75) is 30.5 Å². The van der Waals surface area contributed by atoms with Crippen LogP contribution in [0.3, 0.4) is 0 Å². The molecule has 1 atom stereocenters. The Hall–Kier alpha value is -0.610. The predicted molar refractivity (Wildman–Crippen MR) is 58.4 cm³/mol. The average molecular weight is 209 g/mol. The highest BCUT2D eigenvalue weighted by atomic mass is 32.2. The van der Waals surface area contributed by atoms with Crippen LogP contribution in [-0.2, 0) is 0 Å². The molecule has 0 amide bonds. The zero-order chi connectivity index (χ0) is 9.64. The SMILES string of the molecule is c1cnc(SCC2CCCCN2)nc1. The molecular weight excluding hydrogens is 194 g/mol. The molecule has 0 bridgehead atoms. The van der Waals surface area contributed by atoms with Crippen LogP contribution >= 0.6 is 11.8 Å². The number of hydrogen-bond acceptors (Lipinski definition) is 4. The summed E-state index contributed by atoms with van der Waals surface area (Å²) in [5.74, 6) is 1.09. The van der Waals surface area contributed by atoms with Gasteiger partial charge in [-0.1, -0.05) is 18.2 Å². The summed E-state index contributed by atoms with van der Waals surface area (Å²) in [6.07, 6.45) is 7.56. The number of piperidine rings is 1. The molecule has 76 valence electrons. The lowest BCUT2D eigenvalue weighted by molar-refractivity contribution is 0.429. The molecule has 1 unspecified atom stereocenters. The Morgan fingerprint density at radius 3 is 2.93 bits per heavy atom. The van der Waals surface area contributed by atoms with Crippen LogP contribution < -0.4 is 5.32 Å². The van der Waals surface area contributed by atoms with Gasteiger partial charge in [0.05, 0.1) is 0 Å². The lowest BCUT2D eigenvalue weighted by Crippen LogP contribution is -2.35. The van der Waals surface area contributed by atoms with Gasteiger partial charge in [-0.2, -0.15) is 0 Å². The van der Waals surface area contributed by atoms with Gasteiger partial charge < -0.3 is 5.32 Å². The van der Waals surface area contributed by atoms with Crippen LogP contribution in [0.1, 0.15) is 19.3 Å². The van der Waals surface area contributed by atoms with Gasteiger partial charge in [0.25, 0.3) is 0 Å². The van der Waals surface area contributed by atoms with E-state index in [0.29, 0.717) is 6.04 Å². The molecule has 14 heavy (non-hydrogen) atoms. The number of hydrogen-bond donors (Lipinski definition) is 1. The van der Waals surface area contributed by atoms with Gasteiger partial charge in [0.15, 0.2) is 5.16 Å². The van der Waals surface area contributed by atoms with E-state index in [-0.39, 0.29) is 0 Å². The van der Waals surface area contributed by atoms with E-state index in [0.717, 1.165) is 10.9 Å². The van der Waals surface area contributed by atoms with Gasteiger partial charge in [0.1, 0.15) is 0 Å². The molecule has 1 saturated heterocycles. The first-order chi connectivity index (χ1) is 6.95. The molecule has 1 aliphatic heterocycles. The van der Waals surface area contributed by atoms with Crippen molar-refractivity contribution >= 4 is 11.8 Å². The van der Waals surface area contributed by atoms with Crippen molar-refractivity contribution in [1.29, 1.82) is 0 Å². The summed E-state index contributed by atoms with van der Waals surface area (Å²) in [5.41, 5.74) is 0. The first kappa shape index (κ1) is 9.93. The van der Waals surface area contributed by atoms with Crippen molar-refractivity contribution in [2.75, 3.05) is 12.3 Å². The van der Waals surface area contributed by atoms with Gasteiger partial charge in [-0.15, -0.1) is 0 Å². The molecule has 0 radical (unpaired) electrons. The Labute approximate surface area is 88.7 Å². The van der Waals surface area contributed by atoms with Crippen molar-refractivity contribution in [3.63, 3.8) is 0 Å². The van der Waals surface area contributed by atoms with Crippen molar-refractivity contribution in [2.24, 2.45) is 0 Å². The summed E-state index contributed by atoms with van der Waals surface area (Å²) >= 11 is 1.74. The lowest BCUT2D eigenvalue weighted by Gasteiger charge is -2.22. The highest BCUT2D eigenvalue weighted by Gasteiger charge is 2.12. The fourth-order valence-electron chi connectivity index (χ4n) is 1.60. The van der Waals surface area contributed by atoms with Gasteiger partial charge in [-0.05, 0) is 25.5 Å². The number of thioether (sulfide) groups is 1. The second-order valence-corrected chi connectivity index (χ2v) is 4.48. The summed E-state index contributed by atoms with van der Waals surface area (Å²) in [6, 6.07) is 2.50. The molecule has 1 N–H and O–H groups in total.